The lowest BCUT2D eigenvalue weighted by Gasteiger charge is -2.12. The highest BCUT2D eigenvalue weighted by Crippen LogP contribution is 2.24. The Bertz CT molecular complexity index is 664. The first kappa shape index (κ1) is 15.3. The molecule has 0 spiro atoms. The second kappa shape index (κ2) is 5.73. The summed E-state index contributed by atoms with van der Waals surface area (Å²) < 4.78 is 18.7. The average Bonchev–Trinajstić information content (AvgIpc) is 2.81. The maximum Gasteiger partial charge on any atom is 0.325 e. The normalized spacial score (nSPS) is 11.3. The zero-order valence-electron chi connectivity index (χ0n) is 11.8. The molecule has 1 heterocycles. The Labute approximate surface area is 126 Å². The number of hydrogen-bond acceptors (Lipinski definition) is 3. The van der Waals surface area contributed by atoms with E-state index in [1.165, 1.54) is 12.1 Å². The molecule has 0 aliphatic carbocycles. The Morgan fingerprint density at radius 1 is 1.29 bits per heavy atom. The molecule has 0 radical (unpaired) electrons. The third-order valence-electron chi connectivity index (χ3n) is 2.67. The van der Waals surface area contributed by atoms with Crippen molar-refractivity contribution in [2.45, 2.75) is 26.2 Å². The number of nitrogens with zero attached hydrogens (tertiary/aromatic N) is 1. The molecular weight excluding hydrogens is 297 g/mol. The van der Waals surface area contributed by atoms with E-state index in [0.29, 0.717) is 5.76 Å². The zero-order chi connectivity index (χ0) is 15.6. The molecule has 21 heavy (non-hydrogen) atoms. The molecule has 2 rings (SSSR count). The molecule has 2 N–H and O–H groups in total. The molecule has 5 nitrogen and oxygen atoms in total. The second-order valence-corrected chi connectivity index (χ2v) is 5.97. The predicted molar refractivity (Wildman–Crippen MR) is 79.3 cm³/mol. The monoisotopic (exact) mass is 311 g/mol. The van der Waals surface area contributed by atoms with Crippen molar-refractivity contribution in [2.75, 3.05) is 10.6 Å². The van der Waals surface area contributed by atoms with E-state index in [4.69, 9.17) is 16.1 Å². The lowest BCUT2D eigenvalue weighted by molar-refractivity contribution is 0.261. The van der Waals surface area contributed by atoms with Gasteiger partial charge in [0.1, 0.15) is 11.6 Å². The number of amides is 2. The summed E-state index contributed by atoms with van der Waals surface area (Å²) in [6.07, 6.45) is 0. The van der Waals surface area contributed by atoms with Gasteiger partial charge in [0.15, 0.2) is 5.82 Å². The van der Waals surface area contributed by atoms with Gasteiger partial charge in [0.05, 0.1) is 5.69 Å². The van der Waals surface area contributed by atoms with Crippen LogP contribution in [0.25, 0.3) is 0 Å². The van der Waals surface area contributed by atoms with Crippen LogP contribution in [0.3, 0.4) is 0 Å². The summed E-state index contributed by atoms with van der Waals surface area (Å²) in [5, 5.41) is 8.83. The molecule has 0 bridgehead atoms. The van der Waals surface area contributed by atoms with Crippen molar-refractivity contribution in [1.29, 1.82) is 0 Å². The smallest absolute Gasteiger partial charge is 0.325 e. The van der Waals surface area contributed by atoms with E-state index in [-0.39, 0.29) is 21.9 Å². The summed E-state index contributed by atoms with van der Waals surface area (Å²) in [7, 11) is 0. The summed E-state index contributed by atoms with van der Waals surface area (Å²) in [5.74, 6) is 0.274. The Kier molecular flexibility index (Phi) is 4.18. The fourth-order valence-corrected chi connectivity index (χ4v) is 1.71. The van der Waals surface area contributed by atoms with Crippen LogP contribution < -0.4 is 10.6 Å². The van der Waals surface area contributed by atoms with Crippen LogP contribution in [-0.4, -0.2) is 11.2 Å². The molecule has 1 aromatic heterocycles. The van der Waals surface area contributed by atoms with Crippen molar-refractivity contribution in [3.63, 3.8) is 0 Å². The lowest BCUT2D eigenvalue weighted by Crippen LogP contribution is -2.20. The van der Waals surface area contributed by atoms with Gasteiger partial charge >= 0.3 is 6.03 Å². The van der Waals surface area contributed by atoms with E-state index in [1.807, 2.05) is 20.8 Å². The number of hydrogen-bond donors (Lipinski definition) is 2. The van der Waals surface area contributed by atoms with Gasteiger partial charge in [-0.3, -0.25) is 5.32 Å². The fourth-order valence-electron chi connectivity index (χ4n) is 1.55. The summed E-state index contributed by atoms with van der Waals surface area (Å²) in [5.41, 5.74) is -0.192. The van der Waals surface area contributed by atoms with Crippen LogP contribution in [0.2, 0.25) is 5.02 Å². The quantitative estimate of drug-likeness (QED) is 0.863. The topological polar surface area (TPSA) is 67.2 Å². The van der Waals surface area contributed by atoms with Crippen molar-refractivity contribution in [3.05, 3.63) is 40.9 Å². The molecular formula is C14H15ClFN3O2. The standard InChI is InChI=1S/C14H15ClFN3O2/c1-14(2,3)11-7-12(19-21-11)18-13(20)17-10-5-4-8(15)6-9(10)16/h4-7H,1-3H3,(H2,17,18,19,20). The first-order valence-corrected chi connectivity index (χ1v) is 6.64. The minimum Gasteiger partial charge on any atom is -0.359 e. The van der Waals surface area contributed by atoms with Gasteiger partial charge in [-0.05, 0) is 18.2 Å². The van der Waals surface area contributed by atoms with E-state index in [0.717, 1.165) is 6.07 Å². The van der Waals surface area contributed by atoms with Crippen LogP contribution >= 0.6 is 11.6 Å². The van der Waals surface area contributed by atoms with E-state index < -0.39 is 11.8 Å². The van der Waals surface area contributed by atoms with Crippen LogP contribution in [0.15, 0.2) is 28.8 Å². The third-order valence-corrected chi connectivity index (χ3v) is 2.91. The predicted octanol–water partition coefficient (Wildman–Crippen LogP) is 4.41. The first-order chi connectivity index (χ1) is 9.75. The average molecular weight is 312 g/mol. The maximum absolute atomic E-state index is 13.5. The number of urea groups is 1. The molecule has 2 aromatic rings. The van der Waals surface area contributed by atoms with E-state index in [2.05, 4.69) is 15.8 Å². The number of rotatable bonds is 2. The van der Waals surface area contributed by atoms with Crippen molar-refractivity contribution in [3.8, 4) is 0 Å². The largest absolute Gasteiger partial charge is 0.359 e. The molecule has 1 aromatic carbocycles. The number of anilines is 2. The molecule has 0 unspecified atom stereocenters. The van der Waals surface area contributed by atoms with E-state index in [1.54, 1.807) is 6.07 Å². The maximum atomic E-state index is 13.5. The van der Waals surface area contributed by atoms with E-state index >= 15 is 0 Å². The molecule has 0 atom stereocenters. The third kappa shape index (κ3) is 3.95. The summed E-state index contributed by atoms with van der Waals surface area (Å²) in [6.45, 7) is 5.88. The number of halogens is 2. The van der Waals surface area contributed by atoms with Gasteiger partial charge in [0.2, 0.25) is 0 Å². The van der Waals surface area contributed by atoms with Crippen LogP contribution in [0.1, 0.15) is 26.5 Å². The molecule has 112 valence electrons. The number of carbonyl (C=O) groups excluding carboxylic acids is 1. The number of benzene rings is 1. The first-order valence-electron chi connectivity index (χ1n) is 6.26. The fraction of sp³-hybridized carbons (Fsp3) is 0.286. The van der Waals surface area contributed by atoms with Crippen molar-refractivity contribution < 1.29 is 13.7 Å². The van der Waals surface area contributed by atoms with Crippen molar-refractivity contribution in [1.82, 2.24) is 5.16 Å². The molecule has 7 heteroatoms. The Morgan fingerprint density at radius 3 is 2.57 bits per heavy atom. The summed E-state index contributed by atoms with van der Waals surface area (Å²) in [6, 6.07) is 4.97. The van der Waals surface area contributed by atoms with Gasteiger partial charge in [-0.15, -0.1) is 0 Å². The highest BCUT2D eigenvalue weighted by atomic mass is 35.5. The highest BCUT2D eigenvalue weighted by Gasteiger charge is 2.20. The van der Waals surface area contributed by atoms with Gasteiger partial charge in [-0.1, -0.05) is 37.5 Å². The van der Waals surface area contributed by atoms with Crippen LogP contribution in [-0.2, 0) is 5.41 Å². The van der Waals surface area contributed by atoms with Gasteiger partial charge in [-0.2, -0.15) is 0 Å². The van der Waals surface area contributed by atoms with Gasteiger partial charge < -0.3 is 9.84 Å². The minimum atomic E-state index is -0.620. The summed E-state index contributed by atoms with van der Waals surface area (Å²) in [4.78, 5) is 11.8. The molecule has 0 aliphatic rings. The van der Waals surface area contributed by atoms with Gasteiger partial charge in [0, 0.05) is 16.5 Å². The SMILES string of the molecule is CC(C)(C)c1cc(NC(=O)Nc2ccc(Cl)cc2F)no1. The molecule has 2 amide bonds. The molecule has 0 saturated heterocycles. The minimum absolute atomic E-state index is 0.0245. The lowest BCUT2D eigenvalue weighted by atomic mass is 9.93. The summed E-state index contributed by atoms with van der Waals surface area (Å²) >= 11 is 5.64. The Balaban J connectivity index is 2.03. The number of carbonyl (C=O) groups is 1. The highest BCUT2D eigenvalue weighted by molar-refractivity contribution is 6.30. The molecule has 0 saturated carbocycles. The van der Waals surface area contributed by atoms with Gasteiger partial charge in [0.25, 0.3) is 0 Å². The number of aromatic nitrogens is 1. The van der Waals surface area contributed by atoms with Gasteiger partial charge in [-0.25, -0.2) is 9.18 Å². The van der Waals surface area contributed by atoms with Crippen molar-refractivity contribution in [2.24, 2.45) is 0 Å². The zero-order valence-corrected chi connectivity index (χ0v) is 12.6. The second-order valence-electron chi connectivity index (χ2n) is 5.53. The van der Waals surface area contributed by atoms with E-state index in [9.17, 15) is 9.18 Å². The van der Waals surface area contributed by atoms with Crippen LogP contribution in [0.5, 0.6) is 0 Å². The van der Waals surface area contributed by atoms with Crippen molar-refractivity contribution >= 4 is 29.1 Å². The Hall–Kier alpha value is -2.08. The molecule has 0 fully saturated rings. The molecule has 0 aliphatic heterocycles. The van der Waals surface area contributed by atoms with Crippen LogP contribution in [0.4, 0.5) is 20.7 Å². The van der Waals surface area contributed by atoms with Crippen LogP contribution in [0, 0.1) is 5.82 Å². The Morgan fingerprint density at radius 2 is 2.00 bits per heavy atom. The number of nitrogens with one attached hydrogen (secondary N) is 2.